The van der Waals surface area contributed by atoms with Crippen LogP contribution in [0.15, 0.2) is 36.4 Å². The summed E-state index contributed by atoms with van der Waals surface area (Å²) in [5.41, 5.74) is 0. The highest BCUT2D eigenvalue weighted by molar-refractivity contribution is 6.60. The predicted molar refractivity (Wildman–Crippen MR) is 63.7 cm³/mol. The number of benzene rings is 1. The van der Waals surface area contributed by atoms with Crippen molar-refractivity contribution in [1.29, 1.82) is 0 Å². The quantitative estimate of drug-likeness (QED) is 0.741. The fourth-order valence-electron chi connectivity index (χ4n) is 1.07. The Labute approximate surface area is 93.4 Å². The van der Waals surface area contributed by atoms with Gasteiger partial charge in [-0.3, -0.25) is 0 Å². The molecule has 4 heteroatoms. The van der Waals surface area contributed by atoms with Gasteiger partial charge in [-0.15, -0.1) is 0 Å². The highest BCUT2D eigenvalue weighted by atomic mass is 28.4. The standard InChI is InChI=1S/C6H6.C5H14O3Si/c1-2-4-6-5-3-1;1-5-9(6-2,7-3)8-4/h1-6H;5H2,1-4H3. The molecule has 0 radical (unpaired) electrons. The Morgan fingerprint density at radius 1 is 0.733 bits per heavy atom. The molecule has 0 aromatic heterocycles. The number of hydrogen-bond donors (Lipinski definition) is 0. The molecule has 0 aliphatic rings. The molecule has 0 fully saturated rings. The molecule has 0 saturated heterocycles. The second-order valence-electron chi connectivity index (χ2n) is 2.80. The molecule has 0 aliphatic heterocycles. The minimum atomic E-state index is -2.19. The maximum atomic E-state index is 5.08. The van der Waals surface area contributed by atoms with Crippen molar-refractivity contribution in [2.24, 2.45) is 0 Å². The summed E-state index contributed by atoms with van der Waals surface area (Å²) in [6.07, 6.45) is 0. The van der Waals surface area contributed by atoms with Gasteiger partial charge in [-0.25, -0.2) is 0 Å². The van der Waals surface area contributed by atoms with E-state index in [0.717, 1.165) is 6.04 Å². The Morgan fingerprint density at radius 3 is 1.07 bits per heavy atom. The first kappa shape index (κ1) is 14.3. The first-order chi connectivity index (χ1) is 7.24. The lowest BCUT2D eigenvalue weighted by Gasteiger charge is -2.22. The molecule has 1 aromatic rings. The van der Waals surface area contributed by atoms with Gasteiger partial charge in [0.15, 0.2) is 0 Å². The predicted octanol–water partition coefficient (Wildman–Crippen LogP) is 2.57. The molecule has 0 atom stereocenters. The monoisotopic (exact) mass is 228 g/mol. The van der Waals surface area contributed by atoms with Gasteiger partial charge in [-0.05, 0) is 0 Å². The van der Waals surface area contributed by atoms with Crippen LogP contribution in [0.1, 0.15) is 6.92 Å². The minimum absolute atomic E-state index is 0.816. The lowest BCUT2D eigenvalue weighted by molar-refractivity contribution is 0.125. The summed E-state index contributed by atoms with van der Waals surface area (Å²) in [5.74, 6) is 0. The summed E-state index contributed by atoms with van der Waals surface area (Å²) in [4.78, 5) is 0. The lowest BCUT2D eigenvalue weighted by atomic mass is 10.4. The van der Waals surface area contributed by atoms with Gasteiger partial charge in [0.2, 0.25) is 0 Å². The van der Waals surface area contributed by atoms with Crippen molar-refractivity contribution in [2.45, 2.75) is 13.0 Å². The van der Waals surface area contributed by atoms with E-state index < -0.39 is 8.80 Å². The van der Waals surface area contributed by atoms with Crippen molar-refractivity contribution in [2.75, 3.05) is 21.3 Å². The highest BCUT2D eigenvalue weighted by Gasteiger charge is 2.34. The van der Waals surface area contributed by atoms with Crippen molar-refractivity contribution >= 4 is 8.80 Å². The van der Waals surface area contributed by atoms with E-state index >= 15 is 0 Å². The van der Waals surface area contributed by atoms with Crippen molar-refractivity contribution in [3.63, 3.8) is 0 Å². The lowest BCUT2D eigenvalue weighted by Crippen LogP contribution is -2.41. The molecule has 0 heterocycles. The summed E-state index contributed by atoms with van der Waals surface area (Å²) in [6.45, 7) is 1.99. The fourth-order valence-corrected chi connectivity index (χ4v) is 2.43. The van der Waals surface area contributed by atoms with Crippen LogP contribution in [0.25, 0.3) is 0 Å². The van der Waals surface area contributed by atoms with Crippen LogP contribution in [0.2, 0.25) is 6.04 Å². The third-order valence-corrected chi connectivity index (χ3v) is 4.76. The smallest absolute Gasteiger partial charge is 0.377 e. The molecule has 15 heavy (non-hydrogen) atoms. The largest absolute Gasteiger partial charge is 0.499 e. The van der Waals surface area contributed by atoms with Crippen molar-refractivity contribution in [1.82, 2.24) is 0 Å². The summed E-state index contributed by atoms with van der Waals surface area (Å²) in [6, 6.07) is 12.8. The Hall–Kier alpha value is -0.683. The van der Waals surface area contributed by atoms with E-state index in [1.54, 1.807) is 21.3 Å². The van der Waals surface area contributed by atoms with E-state index in [1.165, 1.54) is 0 Å². The average Bonchev–Trinajstić information content (AvgIpc) is 2.36. The summed E-state index contributed by atoms with van der Waals surface area (Å²) >= 11 is 0. The fraction of sp³-hybridized carbons (Fsp3) is 0.455. The molecule has 0 saturated carbocycles. The van der Waals surface area contributed by atoms with E-state index in [4.69, 9.17) is 13.3 Å². The number of hydrogen-bond acceptors (Lipinski definition) is 3. The molecule has 3 nitrogen and oxygen atoms in total. The zero-order chi connectivity index (χ0) is 11.6. The Balaban J connectivity index is 0.000000280. The average molecular weight is 228 g/mol. The highest BCUT2D eigenvalue weighted by Crippen LogP contribution is 2.10. The van der Waals surface area contributed by atoms with Gasteiger partial charge >= 0.3 is 8.80 Å². The molecule has 0 spiro atoms. The molecular weight excluding hydrogens is 208 g/mol. The summed E-state index contributed by atoms with van der Waals surface area (Å²) < 4.78 is 15.2. The molecular formula is C11H20O3Si. The van der Waals surface area contributed by atoms with E-state index in [-0.39, 0.29) is 0 Å². The van der Waals surface area contributed by atoms with Gasteiger partial charge in [-0.2, -0.15) is 0 Å². The first-order valence-corrected chi connectivity index (χ1v) is 6.83. The van der Waals surface area contributed by atoms with Crippen LogP contribution >= 0.6 is 0 Å². The van der Waals surface area contributed by atoms with Crippen LogP contribution in [0.4, 0.5) is 0 Å². The topological polar surface area (TPSA) is 27.7 Å². The third-order valence-electron chi connectivity index (χ3n) is 2.03. The molecule has 0 N–H and O–H groups in total. The summed E-state index contributed by atoms with van der Waals surface area (Å²) in [7, 11) is 2.65. The van der Waals surface area contributed by atoms with E-state index in [2.05, 4.69) is 0 Å². The third kappa shape index (κ3) is 5.69. The van der Waals surface area contributed by atoms with Crippen LogP contribution in [-0.2, 0) is 13.3 Å². The van der Waals surface area contributed by atoms with Gasteiger partial charge in [-0.1, -0.05) is 43.3 Å². The van der Waals surface area contributed by atoms with Crippen LogP contribution in [0.5, 0.6) is 0 Å². The maximum absolute atomic E-state index is 5.08. The second kappa shape index (κ2) is 8.61. The Morgan fingerprint density at radius 2 is 1.00 bits per heavy atom. The van der Waals surface area contributed by atoms with E-state index in [9.17, 15) is 0 Å². The van der Waals surface area contributed by atoms with E-state index in [0.29, 0.717) is 0 Å². The van der Waals surface area contributed by atoms with Gasteiger partial charge in [0, 0.05) is 27.4 Å². The number of rotatable bonds is 4. The second-order valence-corrected chi connectivity index (χ2v) is 6.10. The van der Waals surface area contributed by atoms with E-state index in [1.807, 2.05) is 43.3 Å². The van der Waals surface area contributed by atoms with Crippen LogP contribution in [0.3, 0.4) is 0 Å². The summed E-state index contributed by atoms with van der Waals surface area (Å²) in [5, 5.41) is 0. The maximum Gasteiger partial charge on any atom is 0.499 e. The molecule has 1 aromatic carbocycles. The first-order valence-electron chi connectivity index (χ1n) is 4.90. The Kier molecular flexibility index (Phi) is 8.22. The van der Waals surface area contributed by atoms with Gasteiger partial charge < -0.3 is 13.3 Å². The normalized spacial score (nSPS) is 10.4. The zero-order valence-corrected chi connectivity index (χ0v) is 10.9. The van der Waals surface area contributed by atoms with Gasteiger partial charge in [0.25, 0.3) is 0 Å². The van der Waals surface area contributed by atoms with Crippen LogP contribution in [0, 0.1) is 0 Å². The zero-order valence-electron chi connectivity index (χ0n) is 9.90. The molecule has 86 valence electrons. The van der Waals surface area contributed by atoms with Crippen molar-refractivity contribution in [3.8, 4) is 0 Å². The molecule has 0 bridgehead atoms. The van der Waals surface area contributed by atoms with Crippen molar-refractivity contribution < 1.29 is 13.3 Å². The molecule has 0 amide bonds. The van der Waals surface area contributed by atoms with Gasteiger partial charge in [0.05, 0.1) is 0 Å². The Bertz CT molecular complexity index is 180. The van der Waals surface area contributed by atoms with Crippen LogP contribution in [-0.4, -0.2) is 30.1 Å². The minimum Gasteiger partial charge on any atom is -0.377 e. The molecule has 0 aliphatic carbocycles. The molecule has 1 rings (SSSR count). The van der Waals surface area contributed by atoms with Gasteiger partial charge in [0.1, 0.15) is 0 Å². The SMILES string of the molecule is CC[Si](OC)(OC)OC.c1ccccc1. The van der Waals surface area contributed by atoms with Crippen LogP contribution < -0.4 is 0 Å². The van der Waals surface area contributed by atoms with Crippen molar-refractivity contribution in [3.05, 3.63) is 36.4 Å². The molecule has 0 unspecified atom stereocenters.